The maximum absolute atomic E-state index is 5.97. The van der Waals surface area contributed by atoms with Crippen molar-refractivity contribution in [2.45, 2.75) is 20.4 Å². The van der Waals surface area contributed by atoms with Gasteiger partial charge in [-0.15, -0.1) is 22.7 Å². The van der Waals surface area contributed by atoms with E-state index in [1.54, 1.807) is 22.7 Å². The van der Waals surface area contributed by atoms with Gasteiger partial charge < -0.3 is 11.1 Å². The first-order chi connectivity index (χ1) is 9.63. The minimum Gasteiger partial charge on any atom is -0.382 e. The molecular weight excluding hydrogens is 310 g/mol. The van der Waals surface area contributed by atoms with E-state index in [0.29, 0.717) is 5.82 Å². The predicted octanol–water partition coefficient (Wildman–Crippen LogP) is 3.53. The topological polar surface area (TPSA) is 76.7 Å². The molecule has 0 fully saturated rings. The number of hydrogen-bond donors (Lipinski definition) is 2. The van der Waals surface area contributed by atoms with Gasteiger partial charge in [-0.25, -0.2) is 9.97 Å². The van der Waals surface area contributed by atoms with E-state index in [2.05, 4.69) is 19.7 Å². The van der Waals surface area contributed by atoms with Gasteiger partial charge in [0, 0.05) is 22.1 Å². The number of nitrogens with zero attached hydrogens (tertiary/aromatic N) is 3. The number of nitrogens with two attached hydrogens (primary N) is 1. The molecule has 3 rings (SSSR count). The lowest BCUT2D eigenvalue weighted by atomic mass is 10.3. The van der Waals surface area contributed by atoms with E-state index in [4.69, 9.17) is 5.73 Å². The summed E-state index contributed by atoms with van der Waals surface area (Å²) < 4.78 is 4.23. The van der Waals surface area contributed by atoms with Crippen LogP contribution in [0.2, 0.25) is 0 Å². The molecule has 3 aromatic heterocycles. The van der Waals surface area contributed by atoms with Crippen LogP contribution in [0.15, 0.2) is 11.6 Å². The van der Waals surface area contributed by atoms with E-state index in [1.165, 1.54) is 16.4 Å². The van der Waals surface area contributed by atoms with Gasteiger partial charge in [-0.3, -0.25) is 0 Å². The Balaban J connectivity index is 1.83. The molecule has 3 aromatic rings. The molecule has 0 bridgehead atoms. The maximum atomic E-state index is 5.97. The summed E-state index contributed by atoms with van der Waals surface area (Å²) in [7, 11) is 0. The standard InChI is InChI=1S/C12H13N5S3/c1-6-5-18-12(16-6)9-10(13)17-20-11(9)15-4-8-3-14-7(2)19-8/h3,5,15H,4H2,1-2H3,(H2,13,17). The average molecular weight is 323 g/mol. The van der Waals surface area contributed by atoms with Gasteiger partial charge >= 0.3 is 0 Å². The number of aromatic nitrogens is 3. The Morgan fingerprint density at radius 3 is 2.85 bits per heavy atom. The molecule has 0 aliphatic rings. The molecule has 0 aliphatic heterocycles. The van der Waals surface area contributed by atoms with E-state index < -0.39 is 0 Å². The van der Waals surface area contributed by atoms with Crippen LogP contribution in [0.25, 0.3) is 10.6 Å². The second kappa shape index (κ2) is 5.47. The van der Waals surface area contributed by atoms with E-state index >= 15 is 0 Å². The first-order valence-corrected chi connectivity index (χ1v) is 8.43. The second-order valence-corrected chi connectivity index (χ2v) is 7.22. The van der Waals surface area contributed by atoms with Gasteiger partial charge in [0.1, 0.15) is 15.8 Å². The van der Waals surface area contributed by atoms with Crippen molar-refractivity contribution in [3.8, 4) is 10.6 Å². The van der Waals surface area contributed by atoms with Crippen LogP contribution < -0.4 is 11.1 Å². The molecule has 0 unspecified atom stereocenters. The number of hydrogen-bond acceptors (Lipinski definition) is 8. The Kier molecular flexibility index (Phi) is 3.68. The summed E-state index contributed by atoms with van der Waals surface area (Å²) in [5, 5.41) is 8.35. The number of nitrogen functional groups attached to an aromatic ring is 1. The van der Waals surface area contributed by atoms with Gasteiger partial charge in [-0.1, -0.05) is 0 Å². The van der Waals surface area contributed by atoms with Crippen molar-refractivity contribution in [2.75, 3.05) is 11.1 Å². The van der Waals surface area contributed by atoms with E-state index in [1.807, 2.05) is 25.4 Å². The lowest BCUT2D eigenvalue weighted by Crippen LogP contribution is -1.97. The molecule has 8 heteroatoms. The van der Waals surface area contributed by atoms with Crippen LogP contribution in [-0.2, 0) is 6.54 Å². The highest BCUT2D eigenvalue weighted by Gasteiger charge is 2.16. The molecule has 0 radical (unpaired) electrons. The number of nitrogens with one attached hydrogen (secondary N) is 1. The third kappa shape index (κ3) is 2.67. The average Bonchev–Trinajstić information content (AvgIpc) is 3.09. The summed E-state index contributed by atoms with van der Waals surface area (Å²) in [5.74, 6) is 0.535. The lowest BCUT2D eigenvalue weighted by Gasteiger charge is -2.03. The minimum atomic E-state index is 0.535. The van der Waals surface area contributed by atoms with Crippen LogP contribution in [0.3, 0.4) is 0 Å². The van der Waals surface area contributed by atoms with Gasteiger partial charge in [-0.05, 0) is 25.4 Å². The Hall–Kier alpha value is -1.51. The molecule has 104 valence electrons. The largest absolute Gasteiger partial charge is 0.382 e. The zero-order valence-corrected chi connectivity index (χ0v) is 13.5. The van der Waals surface area contributed by atoms with Crippen LogP contribution in [-0.4, -0.2) is 14.3 Å². The number of aryl methyl sites for hydroxylation is 2. The summed E-state index contributed by atoms with van der Waals surface area (Å²) >= 11 is 4.64. The highest BCUT2D eigenvalue weighted by atomic mass is 32.1. The summed E-state index contributed by atoms with van der Waals surface area (Å²) in [4.78, 5) is 9.93. The fourth-order valence-corrected chi connectivity index (χ4v) is 4.12. The van der Waals surface area contributed by atoms with Crippen molar-refractivity contribution >= 4 is 45.0 Å². The summed E-state index contributed by atoms with van der Waals surface area (Å²) in [6.07, 6.45) is 1.89. The zero-order chi connectivity index (χ0) is 14.1. The normalized spacial score (nSPS) is 10.9. The first-order valence-electron chi connectivity index (χ1n) is 5.96. The Morgan fingerprint density at radius 1 is 1.35 bits per heavy atom. The summed E-state index contributed by atoms with van der Waals surface area (Å²) in [5.41, 5.74) is 7.88. The molecule has 3 N–H and O–H groups in total. The highest BCUT2D eigenvalue weighted by molar-refractivity contribution is 7.15. The van der Waals surface area contributed by atoms with Crippen LogP contribution in [0.5, 0.6) is 0 Å². The molecule has 0 atom stereocenters. The second-order valence-electron chi connectivity index (χ2n) is 4.27. The van der Waals surface area contributed by atoms with Crippen molar-refractivity contribution in [3.63, 3.8) is 0 Å². The highest BCUT2D eigenvalue weighted by Crippen LogP contribution is 2.38. The van der Waals surface area contributed by atoms with Gasteiger partial charge in [0.05, 0.1) is 17.1 Å². The van der Waals surface area contributed by atoms with Crippen molar-refractivity contribution in [3.05, 3.63) is 27.2 Å². The van der Waals surface area contributed by atoms with Gasteiger partial charge in [0.15, 0.2) is 0 Å². The molecule has 20 heavy (non-hydrogen) atoms. The Bertz CT molecular complexity index is 727. The predicted molar refractivity (Wildman–Crippen MR) is 86.5 cm³/mol. The van der Waals surface area contributed by atoms with Crippen LogP contribution >= 0.6 is 34.2 Å². The number of anilines is 2. The minimum absolute atomic E-state index is 0.535. The van der Waals surface area contributed by atoms with Gasteiger partial charge in [0.25, 0.3) is 0 Å². The van der Waals surface area contributed by atoms with E-state index in [0.717, 1.165) is 32.8 Å². The Morgan fingerprint density at radius 2 is 2.20 bits per heavy atom. The first kappa shape index (κ1) is 13.5. The molecule has 0 amide bonds. The smallest absolute Gasteiger partial charge is 0.149 e. The van der Waals surface area contributed by atoms with Crippen molar-refractivity contribution in [1.29, 1.82) is 0 Å². The van der Waals surface area contributed by atoms with Crippen LogP contribution in [0, 0.1) is 13.8 Å². The Labute approximate surface area is 128 Å². The molecular formula is C12H13N5S3. The van der Waals surface area contributed by atoms with Crippen molar-refractivity contribution in [2.24, 2.45) is 0 Å². The van der Waals surface area contributed by atoms with Gasteiger partial charge in [0.2, 0.25) is 0 Å². The molecule has 5 nitrogen and oxygen atoms in total. The fourth-order valence-electron chi connectivity index (χ4n) is 1.75. The molecule has 0 saturated carbocycles. The van der Waals surface area contributed by atoms with E-state index in [-0.39, 0.29) is 0 Å². The van der Waals surface area contributed by atoms with Gasteiger partial charge in [-0.2, -0.15) is 4.37 Å². The lowest BCUT2D eigenvalue weighted by molar-refractivity contribution is 1.18. The number of rotatable bonds is 4. The maximum Gasteiger partial charge on any atom is 0.149 e. The molecule has 0 spiro atoms. The van der Waals surface area contributed by atoms with Crippen LogP contribution in [0.1, 0.15) is 15.6 Å². The SMILES string of the molecule is Cc1csc(-c2c(N)nsc2NCc2cnc(C)s2)n1. The van der Waals surface area contributed by atoms with Crippen molar-refractivity contribution < 1.29 is 0 Å². The molecule has 0 saturated heterocycles. The summed E-state index contributed by atoms with van der Waals surface area (Å²) in [6.45, 7) is 4.70. The zero-order valence-electron chi connectivity index (χ0n) is 11.0. The summed E-state index contributed by atoms with van der Waals surface area (Å²) in [6, 6.07) is 0. The quantitative estimate of drug-likeness (QED) is 0.768. The van der Waals surface area contributed by atoms with Crippen molar-refractivity contribution in [1.82, 2.24) is 14.3 Å². The number of thiazole rings is 2. The molecule has 0 aliphatic carbocycles. The monoisotopic (exact) mass is 323 g/mol. The third-order valence-electron chi connectivity index (χ3n) is 2.64. The van der Waals surface area contributed by atoms with Crippen LogP contribution in [0.4, 0.5) is 10.8 Å². The fraction of sp³-hybridized carbons (Fsp3) is 0.250. The van der Waals surface area contributed by atoms with E-state index in [9.17, 15) is 0 Å². The molecule has 3 heterocycles. The molecule has 0 aromatic carbocycles. The third-order valence-corrected chi connectivity index (χ3v) is 5.35.